The highest BCUT2D eigenvalue weighted by Gasteiger charge is 2.29. The predicted octanol–water partition coefficient (Wildman–Crippen LogP) is 3.91. The SMILES string of the molecule is CNc1ccc(-c2c(C(N)=NC(C)=O)c3ccc(N)cc3n2C2CCC2)cc1. The molecule has 4 rings (SSSR count). The minimum absolute atomic E-state index is 0.244. The Kier molecular flexibility index (Phi) is 4.55. The second kappa shape index (κ2) is 7.03. The standard InChI is InChI=1S/C22H25N5O/c1-13(28)26-22(24)20-18-11-8-15(23)12-19(18)27(17-4-3-5-17)21(20)14-6-9-16(25-2)10-7-14/h6-12,17,25H,3-5,23H2,1-2H3,(H2,24,26,28). The number of benzene rings is 2. The number of nitrogens with one attached hydrogen (secondary N) is 1. The van der Waals surface area contributed by atoms with Crippen LogP contribution < -0.4 is 16.8 Å². The van der Waals surface area contributed by atoms with Crippen LogP contribution in [0.2, 0.25) is 0 Å². The summed E-state index contributed by atoms with van der Waals surface area (Å²) in [5.74, 6) is -0.0676. The quantitative estimate of drug-likeness (QED) is 0.366. The van der Waals surface area contributed by atoms with Crippen molar-refractivity contribution in [2.75, 3.05) is 18.1 Å². The van der Waals surface area contributed by atoms with E-state index in [1.807, 2.05) is 37.4 Å². The van der Waals surface area contributed by atoms with Crippen LogP contribution in [0, 0.1) is 0 Å². The fourth-order valence-electron chi connectivity index (χ4n) is 3.92. The Morgan fingerprint density at radius 3 is 2.46 bits per heavy atom. The van der Waals surface area contributed by atoms with Crippen molar-refractivity contribution in [1.29, 1.82) is 0 Å². The zero-order valence-electron chi connectivity index (χ0n) is 16.2. The van der Waals surface area contributed by atoms with Crippen LogP contribution in [0.25, 0.3) is 22.2 Å². The third-order valence-electron chi connectivity index (χ3n) is 5.45. The van der Waals surface area contributed by atoms with E-state index in [9.17, 15) is 4.79 Å². The van der Waals surface area contributed by atoms with Crippen LogP contribution in [0.3, 0.4) is 0 Å². The Morgan fingerprint density at radius 2 is 1.89 bits per heavy atom. The Bertz CT molecular complexity index is 1070. The van der Waals surface area contributed by atoms with Gasteiger partial charge in [-0.05, 0) is 49.1 Å². The number of carbonyl (C=O) groups is 1. The smallest absolute Gasteiger partial charge is 0.244 e. The molecular weight excluding hydrogens is 350 g/mol. The molecule has 1 aliphatic carbocycles. The molecule has 6 nitrogen and oxygen atoms in total. The zero-order chi connectivity index (χ0) is 19.8. The summed E-state index contributed by atoms with van der Waals surface area (Å²) in [5, 5.41) is 4.12. The van der Waals surface area contributed by atoms with Crippen molar-refractivity contribution in [2.45, 2.75) is 32.2 Å². The number of nitrogens with two attached hydrogens (primary N) is 2. The topological polar surface area (TPSA) is 98.4 Å². The first-order valence-electron chi connectivity index (χ1n) is 9.56. The molecule has 1 aromatic heterocycles. The van der Waals surface area contributed by atoms with Crippen molar-refractivity contribution in [1.82, 2.24) is 4.57 Å². The molecule has 0 unspecified atom stereocenters. The first-order chi connectivity index (χ1) is 13.5. The van der Waals surface area contributed by atoms with Crippen LogP contribution in [-0.2, 0) is 4.79 Å². The van der Waals surface area contributed by atoms with E-state index in [-0.39, 0.29) is 11.7 Å². The second-order valence-electron chi connectivity index (χ2n) is 7.30. The van der Waals surface area contributed by atoms with E-state index in [0.29, 0.717) is 11.7 Å². The fraction of sp³-hybridized carbons (Fsp3) is 0.273. The van der Waals surface area contributed by atoms with E-state index < -0.39 is 0 Å². The Balaban J connectivity index is 2.07. The molecule has 2 aromatic carbocycles. The average molecular weight is 375 g/mol. The molecule has 28 heavy (non-hydrogen) atoms. The molecule has 0 atom stereocenters. The molecule has 6 heteroatoms. The molecule has 1 amide bonds. The number of aromatic nitrogens is 1. The predicted molar refractivity (Wildman–Crippen MR) is 116 cm³/mol. The van der Waals surface area contributed by atoms with E-state index in [1.54, 1.807) is 0 Å². The monoisotopic (exact) mass is 375 g/mol. The molecular formula is C22H25N5O. The Hall–Kier alpha value is -3.28. The van der Waals surface area contributed by atoms with Crippen molar-refractivity contribution < 1.29 is 4.79 Å². The number of hydrogen-bond donors (Lipinski definition) is 3. The maximum absolute atomic E-state index is 11.7. The van der Waals surface area contributed by atoms with Crippen molar-refractivity contribution in [2.24, 2.45) is 10.7 Å². The lowest BCUT2D eigenvalue weighted by Gasteiger charge is -2.30. The number of fused-ring (bicyclic) bond motifs is 1. The molecule has 1 aliphatic rings. The van der Waals surface area contributed by atoms with Gasteiger partial charge in [-0.3, -0.25) is 4.79 Å². The summed E-state index contributed by atoms with van der Waals surface area (Å²) in [7, 11) is 1.89. The molecule has 5 N–H and O–H groups in total. The fourth-order valence-corrected chi connectivity index (χ4v) is 3.92. The molecule has 1 saturated carbocycles. The van der Waals surface area contributed by atoms with E-state index in [4.69, 9.17) is 11.5 Å². The van der Waals surface area contributed by atoms with Gasteiger partial charge >= 0.3 is 0 Å². The third kappa shape index (κ3) is 3.01. The zero-order valence-corrected chi connectivity index (χ0v) is 16.2. The van der Waals surface area contributed by atoms with Crippen LogP contribution >= 0.6 is 0 Å². The number of carbonyl (C=O) groups excluding carboxylic acids is 1. The van der Waals surface area contributed by atoms with Gasteiger partial charge in [0.1, 0.15) is 5.84 Å². The van der Waals surface area contributed by atoms with Crippen molar-refractivity contribution in [3.63, 3.8) is 0 Å². The van der Waals surface area contributed by atoms with Crippen LogP contribution in [0.1, 0.15) is 37.8 Å². The lowest BCUT2D eigenvalue weighted by molar-refractivity contribution is -0.115. The van der Waals surface area contributed by atoms with E-state index in [0.717, 1.165) is 46.3 Å². The van der Waals surface area contributed by atoms with Crippen LogP contribution in [-0.4, -0.2) is 23.4 Å². The molecule has 0 radical (unpaired) electrons. The summed E-state index contributed by atoms with van der Waals surface area (Å²) in [4.78, 5) is 15.7. The molecule has 144 valence electrons. The molecule has 1 fully saturated rings. The first-order valence-corrected chi connectivity index (χ1v) is 9.56. The van der Waals surface area contributed by atoms with Crippen LogP contribution in [0.15, 0.2) is 47.5 Å². The van der Waals surface area contributed by atoms with Gasteiger partial charge < -0.3 is 21.4 Å². The lowest BCUT2D eigenvalue weighted by Crippen LogP contribution is -2.20. The number of amides is 1. The number of hydrogen-bond acceptors (Lipinski definition) is 3. The number of nitrogens with zero attached hydrogens (tertiary/aromatic N) is 2. The first kappa shape index (κ1) is 18.1. The maximum Gasteiger partial charge on any atom is 0.244 e. The number of aliphatic imine (C=N–C) groups is 1. The van der Waals surface area contributed by atoms with E-state index in [2.05, 4.69) is 27.0 Å². The summed E-state index contributed by atoms with van der Waals surface area (Å²) < 4.78 is 2.33. The molecule has 0 saturated heterocycles. The van der Waals surface area contributed by atoms with Crippen molar-refractivity contribution in [3.8, 4) is 11.3 Å². The molecule has 0 aliphatic heterocycles. The second-order valence-corrected chi connectivity index (χ2v) is 7.30. The number of amidine groups is 1. The third-order valence-corrected chi connectivity index (χ3v) is 5.45. The van der Waals surface area contributed by atoms with Crippen LogP contribution in [0.4, 0.5) is 11.4 Å². The van der Waals surface area contributed by atoms with Gasteiger partial charge in [0.15, 0.2) is 0 Å². The van der Waals surface area contributed by atoms with Crippen molar-refractivity contribution in [3.05, 3.63) is 48.0 Å². The Morgan fingerprint density at radius 1 is 1.18 bits per heavy atom. The summed E-state index contributed by atoms with van der Waals surface area (Å²) in [6, 6.07) is 14.4. The number of rotatable bonds is 4. The highest BCUT2D eigenvalue weighted by molar-refractivity contribution is 6.17. The van der Waals surface area contributed by atoms with E-state index in [1.165, 1.54) is 13.3 Å². The van der Waals surface area contributed by atoms with Gasteiger partial charge in [0.05, 0.1) is 16.8 Å². The minimum Gasteiger partial charge on any atom is -0.399 e. The number of anilines is 2. The van der Waals surface area contributed by atoms with Gasteiger partial charge in [-0.2, -0.15) is 4.99 Å². The maximum atomic E-state index is 11.7. The largest absolute Gasteiger partial charge is 0.399 e. The Labute approximate surface area is 164 Å². The van der Waals surface area contributed by atoms with Gasteiger partial charge in [0.2, 0.25) is 5.91 Å². The van der Waals surface area contributed by atoms with Gasteiger partial charge in [0.25, 0.3) is 0 Å². The molecule has 1 heterocycles. The minimum atomic E-state index is -0.311. The van der Waals surface area contributed by atoms with Gasteiger partial charge in [0, 0.05) is 36.8 Å². The van der Waals surface area contributed by atoms with Crippen LogP contribution in [0.5, 0.6) is 0 Å². The molecule has 0 spiro atoms. The van der Waals surface area contributed by atoms with E-state index >= 15 is 0 Å². The average Bonchev–Trinajstić information content (AvgIpc) is 2.94. The molecule has 0 bridgehead atoms. The van der Waals surface area contributed by atoms with Gasteiger partial charge in [-0.15, -0.1) is 0 Å². The summed E-state index contributed by atoms with van der Waals surface area (Å²) >= 11 is 0. The molecule has 3 aromatic rings. The number of nitrogen functional groups attached to an aromatic ring is 1. The lowest BCUT2D eigenvalue weighted by atomic mass is 9.92. The summed E-state index contributed by atoms with van der Waals surface area (Å²) in [6.07, 6.45) is 3.43. The summed E-state index contributed by atoms with van der Waals surface area (Å²) in [5.41, 5.74) is 18.1. The van der Waals surface area contributed by atoms with Crippen molar-refractivity contribution >= 4 is 34.0 Å². The normalized spacial score (nSPS) is 14.9. The highest BCUT2D eigenvalue weighted by Crippen LogP contribution is 2.43. The van der Waals surface area contributed by atoms with Gasteiger partial charge in [-0.25, -0.2) is 0 Å². The highest BCUT2D eigenvalue weighted by atomic mass is 16.1. The van der Waals surface area contributed by atoms with Gasteiger partial charge in [-0.1, -0.05) is 18.2 Å². The summed E-state index contributed by atoms with van der Waals surface area (Å²) in [6.45, 7) is 1.41.